The maximum atomic E-state index is 5.71. The van der Waals surface area contributed by atoms with Gasteiger partial charge in [-0.3, -0.25) is 0 Å². The van der Waals surface area contributed by atoms with Gasteiger partial charge in [0, 0.05) is 24.4 Å². The second kappa shape index (κ2) is 5.97. The first-order chi connectivity index (χ1) is 9.38. The van der Waals surface area contributed by atoms with Gasteiger partial charge in [-0.05, 0) is 11.5 Å². The molecular formula is C13H21N5OS. The van der Waals surface area contributed by atoms with Crippen LogP contribution in [0.2, 0.25) is 0 Å². The Morgan fingerprint density at radius 3 is 2.60 bits per heavy atom. The Kier molecular flexibility index (Phi) is 4.49. The third kappa shape index (κ3) is 3.61. The highest BCUT2D eigenvalue weighted by Gasteiger charge is 2.26. The molecule has 7 heteroatoms. The van der Waals surface area contributed by atoms with Gasteiger partial charge < -0.3 is 9.73 Å². The summed E-state index contributed by atoms with van der Waals surface area (Å²) in [6.07, 6.45) is 0.724. The molecule has 2 rings (SSSR count). The second-order valence-electron chi connectivity index (χ2n) is 6.06. The smallest absolute Gasteiger partial charge is 0.261 e. The predicted molar refractivity (Wildman–Crippen MR) is 78.7 cm³/mol. The van der Waals surface area contributed by atoms with Gasteiger partial charge in [0.25, 0.3) is 5.89 Å². The predicted octanol–water partition coefficient (Wildman–Crippen LogP) is 2.43. The summed E-state index contributed by atoms with van der Waals surface area (Å²) in [4.78, 5) is 0.869. The molecule has 0 aliphatic carbocycles. The summed E-state index contributed by atoms with van der Waals surface area (Å²) in [6, 6.07) is 0.454. The zero-order valence-electron chi connectivity index (χ0n) is 12.6. The van der Waals surface area contributed by atoms with Gasteiger partial charge in [-0.25, -0.2) is 0 Å². The highest BCUT2D eigenvalue weighted by molar-refractivity contribution is 7.09. The van der Waals surface area contributed by atoms with E-state index in [1.54, 1.807) is 0 Å². The van der Waals surface area contributed by atoms with Crippen molar-refractivity contribution in [2.45, 2.75) is 52.5 Å². The van der Waals surface area contributed by atoms with Crippen molar-refractivity contribution in [1.29, 1.82) is 0 Å². The summed E-state index contributed by atoms with van der Waals surface area (Å²) in [5.41, 5.74) is 0.814. The molecule has 2 aromatic rings. The van der Waals surface area contributed by atoms with Crippen molar-refractivity contribution in [1.82, 2.24) is 25.1 Å². The maximum Gasteiger partial charge on any atom is 0.261 e. The molecule has 0 unspecified atom stereocenters. The van der Waals surface area contributed by atoms with Gasteiger partial charge in [0.05, 0.1) is 5.69 Å². The Morgan fingerprint density at radius 2 is 1.95 bits per heavy atom. The molecule has 0 aliphatic heterocycles. The molecule has 0 amide bonds. The molecule has 0 fully saturated rings. The van der Waals surface area contributed by atoms with Crippen molar-refractivity contribution in [2.75, 3.05) is 6.54 Å². The molecule has 0 saturated heterocycles. The summed E-state index contributed by atoms with van der Waals surface area (Å²) >= 11 is 1.30. The molecule has 0 spiro atoms. The molecule has 110 valence electrons. The van der Waals surface area contributed by atoms with Crippen molar-refractivity contribution in [3.8, 4) is 10.8 Å². The first kappa shape index (κ1) is 15.1. The van der Waals surface area contributed by atoms with E-state index in [-0.39, 0.29) is 5.41 Å². The summed E-state index contributed by atoms with van der Waals surface area (Å²) in [5.74, 6) is 1.16. The molecule has 0 atom stereocenters. The van der Waals surface area contributed by atoms with Crippen LogP contribution >= 0.6 is 11.5 Å². The Morgan fingerprint density at radius 1 is 1.20 bits per heavy atom. The number of rotatable bonds is 5. The zero-order valence-corrected chi connectivity index (χ0v) is 13.4. The van der Waals surface area contributed by atoms with Crippen LogP contribution in [0.15, 0.2) is 4.42 Å². The van der Waals surface area contributed by atoms with Crippen LogP contribution in [0.3, 0.4) is 0 Å². The van der Waals surface area contributed by atoms with Crippen LogP contribution in [0.25, 0.3) is 10.8 Å². The molecule has 0 bridgehead atoms. The Bertz CT molecular complexity index is 555. The lowest BCUT2D eigenvalue weighted by atomic mass is 9.91. The minimum Gasteiger partial charge on any atom is -0.420 e. The highest BCUT2D eigenvalue weighted by atomic mass is 32.1. The van der Waals surface area contributed by atoms with Crippen LogP contribution in [-0.4, -0.2) is 32.4 Å². The van der Waals surface area contributed by atoms with Crippen molar-refractivity contribution in [3.63, 3.8) is 0 Å². The first-order valence-electron chi connectivity index (χ1n) is 6.77. The highest BCUT2D eigenvalue weighted by Crippen LogP contribution is 2.32. The van der Waals surface area contributed by atoms with E-state index in [4.69, 9.17) is 4.42 Å². The maximum absolute atomic E-state index is 5.71. The minimum absolute atomic E-state index is 0.0871. The molecule has 20 heavy (non-hydrogen) atoms. The molecule has 6 nitrogen and oxygen atoms in total. The van der Waals surface area contributed by atoms with E-state index in [1.807, 2.05) is 0 Å². The van der Waals surface area contributed by atoms with E-state index in [0.29, 0.717) is 17.8 Å². The van der Waals surface area contributed by atoms with Crippen molar-refractivity contribution < 1.29 is 4.42 Å². The fourth-order valence-corrected chi connectivity index (χ4v) is 2.53. The lowest BCUT2D eigenvalue weighted by Gasteiger charge is -2.14. The van der Waals surface area contributed by atoms with Crippen molar-refractivity contribution >= 4 is 11.5 Å². The van der Waals surface area contributed by atoms with Crippen LogP contribution in [0.1, 0.15) is 46.2 Å². The monoisotopic (exact) mass is 295 g/mol. The Hall–Kier alpha value is -1.34. The van der Waals surface area contributed by atoms with Crippen LogP contribution in [0, 0.1) is 0 Å². The number of hydrogen-bond acceptors (Lipinski definition) is 7. The fourth-order valence-electron chi connectivity index (χ4n) is 1.74. The Balaban J connectivity index is 2.11. The van der Waals surface area contributed by atoms with Gasteiger partial charge in [-0.15, -0.1) is 15.3 Å². The minimum atomic E-state index is -0.0871. The van der Waals surface area contributed by atoms with Gasteiger partial charge in [-0.1, -0.05) is 39.1 Å². The largest absolute Gasteiger partial charge is 0.420 e. The number of nitrogens with one attached hydrogen (secondary N) is 1. The lowest BCUT2D eigenvalue weighted by molar-refractivity contribution is 0.482. The first-order valence-corrected chi connectivity index (χ1v) is 7.54. The van der Waals surface area contributed by atoms with E-state index in [1.165, 1.54) is 11.5 Å². The van der Waals surface area contributed by atoms with Crippen LogP contribution < -0.4 is 5.32 Å². The molecule has 0 aromatic carbocycles. The van der Waals surface area contributed by atoms with Crippen molar-refractivity contribution in [3.05, 3.63) is 11.6 Å². The van der Waals surface area contributed by atoms with E-state index in [2.05, 4.69) is 59.7 Å². The van der Waals surface area contributed by atoms with Gasteiger partial charge in [-0.2, -0.15) is 0 Å². The van der Waals surface area contributed by atoms with E-state index in [0.717, 1.165) is 23.5 Å². The fraction of sp³-hybridized carbons (Fsp3) is 0.692. The number of hydrogen-bond donors (Lipinski definition) is 1. The van der Waals surface area contributed by atoms with Gasteiger partial charge in [0.2, 0.25) is 5.89 Å². The molecule has 2 heterocycles. The normalized spacial score (nSPS) is 12.3. The molecule has 1 N–H and O–H groups in total. The van der Waals surface area contributed by atoms with E-state index >= 15 is 0 Å². The quantitative estimate of drug-likeness (QED) is 0.913. The van der Waals surface area contributed by atoms with Crippen LogP contribution in [-0.2, 0) is 11.8 Å². The molecule has 0 saturated carbocycles. The second-order valence-corrected chi connectivity index (χ2v) is 6.81. The Labute approximate surface area is 123 Å². The van der Waals surface area contributed by atoms with Gasteiger partial charge in [0.15, 0.2) is 0 Å². The van der Waals surface area contributed by atoms with Crippen LogP contribution in [0.5, 0.6) is 0 Å². The average molecular weight is 295 g/mol. The standard InChI is InChI=1S/C13H21N5OS/c1-8(2)14-7-6-9-15-17-12(19-9)10-11(13(3,4)5)16-18-20-10/h8,14H,6-7H2,1-5H3. The number of nitrogens with zero attached hydrogens (tertiary/aromatic N) is 4. The lowest BCUT2D eigenvalue weighted by Crippen LogP contribution is -2.25. The summed E-state index contributed by atoms with van der Waals surface area (Å²) in [7, 11) is 0. The molecule has 0 aliphatic rings. The molecular weight excluding hydrogens is 274 g/mol. The topological polar surface area (TPSA) is 76.7 Å². The third-order valence-corrected chi connectivity index (χ3v) is 3.46. The third-order valence-electron chi connectivity index (χ3n) is 2.75. The van der Waals surface area contributed by atoms with Crippen molar-refractivity contribution in [2.24, 2.45) is 0 Å². The van der Waals surface area contributed by atoms with Gasteiger partial charge in [0.1, 0.15) is 4.88 Å². The average Bonchev–Trinajstić information content (AvgIpc) is 2.94. The molecule has 2 aromatic heterocycles. The van der Waals surface area contributed by atoms with E-state index in [9.17, 15) is 0 Å². The van der Waals surface area contributed by atoms with Crippen LogP contribution in [0.4, 0.5) is 0 Å². The number of aromatic nitrogens is 4. The summed E-state index contributed by atoms with van der Waals surface area (Å²) in [6.45, 7) is 11.3. The van der Waals surface area contributed by atoms with E-state index < -0.39 is 0 Å². The summed E-state index contributed by atoms with van der Waals surface area (Å²) < 4.78 is 9.72. The zero-order chi connectivity index (χ0) is 14.8. The SMILES string of the molecule is CC(C)NCCc1nnc(-c2snnc2C(C)(C)C)o1. The van der Waals surface area contributed by atoms with Gasteiger partial charge >= 0.3 is 0 Å². The molecule has 0 radical (unpaired) electrons. The summed E-state index contributed by atoms with van der Waals surface area (Å²) in [5, 5.41) is 15.7.